The van der Waals surface area contributed by atoms with Crippen LogP contribution in [0.1, 0.15) is 19.3 Å². The van der Waals surface area contributed by atoms with Crippen molar-refractivity contribution in [2.24, 2.45) is 5.73 Å². The van der Waals surface area contributed by atoms with Crippen LogP contribution < -0.4 is 16.4 Å². The Labute approximate surface area is 113 Å². The summed E-state index contributed by atoms with van der Waals surface area (Å²) < 4.78 is 0. The fourth-order valence-electron chi connectivity index (χ4n) is 1.20. The monoisotopic (exact) mass is 291 g/mol. The van der Waals surface area contributed by atoms with E-state index in [1.165, 1.54) is 0 Å². The van der Waals surface area contributed by atoms with E-state index < -0.39 is 42.4 Å². The lowest BCUT2D eigenvalue weighted by atomic mass is 10.1. The van der Waals surface area contributed by atoms with Gasteiger partial charge in [-0.15, -0.1) is 0 Å². The Bertz CT molecular complexity index is 385. The third-order valence-corrected chi connectivity index (χ3v) is 2.31. The van der Waals surface area contributed by atoms with Crippen molar-refractivity contribution in [3.63, 3.8) is 0 Å². The number of hydrogen-bond donors (Lipinski definition) is 6. The quantitative estimate of drug-likeness (QED) is 0.294. The molecule has 0 aliphatic carbocycles. The Balaban J connectivity index is 4.10. The highest BCUT2D eigenvalue weighted by Crippen LogP contribution is 1.98. The van der Waals surface area contributed by atoms with Crippen molar-refractivity contribution in [2.75, 3.05) is 6.54 Å². The van der Waals surface area contributed by atoms with Crippen LogP contribution in [0.2, 0.25) is 0 Å². The van der Waals surface area contributed by atoms with E-state index in [4.69, 9.17) is 21.1 Å². The molecular weight excluding hydrogens is 274 g/mol. The lowest BCUT2D eigenvalue weighted by Gasteiger charge is -2.14. The SMILES string of the molecule is N[C@@H](CCNC(=O)N[C@@H](CCC(=O)O)C(=O)O)C(=O)O. The molecular formula is C10H17N3O7. The maximum absolute atomic E-state index is 11.3. The van der Waals surface area contributed by atoms with Gasteiger partial charge < -0.3 is 31.7 Å². The second kappa shape index (κ2) is 8.69. The first-order chi connectivity index (χ1) is 9.23. The van der Waals surface area contributed by atoms with Crippen LogP contribution >= 0.6 is 0 Å². The highest BCUT2D eigenvalue weighted by molar-refractivity contribution is 5.83. The standard InChI is InChI=1S/C10H17N3O7/c11-5(8(16)17)3-4-12-10(20)13-6(9(18)19)1-2-7(14)15/h5-6H,1-4,11H2,(H,14,15)(H,16,17)(H,18,19)(H2,12,13,20)/t5-,6-/m0/s1. The zero-order chi connectivity index (χ0) is 15.7. The maximum Gasteiger partial charge on any atom is 0.326 e. The van der Waals surface area contributed by atoms with Crippen LogP contribution in [-0.4, -0.2) is 57.9 Å². The number of nitrogens with two attached hydrogens (primary N) is 1. The van der Waals surface area contributed by atoms with Crippen LogP contribution in [0.5, 0.6) is 0 Å². The minimum Gasteiger partial charge on any atom is -0.481 e. The van der Waals surface area contributed by atoms with Gasteiger partial charge in [-0.2, -0.15) is 0 Å². The average molecular weight is 291 g/mol. The summed E-state index contributed by atoms with van der Waals surface area (Å²) in [5, 5.41) is 30.0. The van der Waals surface area contributed by atoms with E-state index in [1.807, 2.05) is 0 Å². The van der Waals surface area contributed by atoms with Gasteiger partial charge in [-0.1, -0.05) is 0 Å². The number of urea groups is 1. The van der Waals surface area contributed by atoms with Gasteiger partial charge in [0, 0.05) is 13.0 Å². The first-order valence-corrected chi connectivity index (χ1v) is 5.71. The minimum atomic E-state index is -1.36. The van der Waals surface area contributed by atoms with Crippen molar-refractivity contribution in [3.05, 3.63) is 0 Å². The third-order valence-electron chi connectivity index (χ3n) is 2.31. The second-order valence-electron chi connectivity index (χ2n) is 3.96. The van der Waals surface area contributed by atoms with Crippen molar-refractivity contribution in [1.29, 1.82) is 0 Å². The van der Waals surface area contributed by atoms with Gasteiger partial charge in [0.25, 0.3) is 0 Å². The van der Waals surface area contributed by atoms with Crippen LogP contribution in [0.25, 0.3) is 0 Å². The lowest BCUT2D eigenvalue weighted by molar-refractivity contribution is -0.141. The zero-order valence-corrected chi connectivity index (χ0v) is 10.5. The van der Waals surface area contributed by atoms with Crippen LogP contribution in [0, 0.1) is 0 Å². The number of nitrogens with one attached hydrogen (secondary N) is 2. The molecule has 0 unspecified atom stereocenters. The summed E-state index contributed by atoms with van der Waals surface area (Å²) in [6.07, 6.45) is -0.677. The molecule has 0 saturated heterocycles. The van der Waals surface area contributed by atoms with Gasteiger partial charge in [0.15, 0.2) is 0 Å². The summed E-state index contributed by atoms with van der Waals surface area (Å²) in [6.45, 7) is -0.0510. The zero-order valence-electron chi connectivity index (χ0n) is 10.5. The summed E-state index contributed by atoms with van der Waals surface area (Å²) in [6, 6.07) is -3.29. The Hall–Kier alpha value is -2.36. The number of amides is 2. The van der Waals surface area contributed by atoms with Crippen LogP contribution in [0.15, 0.2) is 0 Å². The van der Waals surface area contributed by atoms with Crippen molar-refractivity contribution in [2.45, 2.75) is 31.3 Å². The molecule has 20 heavy (non-hydrogen) atoms. The summed E-state index contributed by atoms with van der Waals surface area (Å²) >= 11 is 0. The van der Waals surface area contributed by atoms with Crippen molar-refractivity contribution in [1.82, 2.24) is 10.6 Å². The fourth-order valence-corrected chi connectivity index (χ4v) is 1.20. The van der Waals surface area contributed by atoms with Crippen molar-refractivity contribution < 1.29 is 34.5 Å². The Morgan fingerprint density at radius 2 is 1.60 bits per heavy atom. The molecule has 0 aromatic rings. The van der Waals surface area contributed by atoms with Crippen molar-refractivity contribution >= 4 is 23.9 Å². The molecule has 7 N–H and O–H groups in total. The van der Waals surface area contributed by atoms with Crippen LogP contribution in [0.3, 0.4) is 0 Å². The van der Waals surface area contributed by atoms with Gasteiger partial charge in [-0.3, -0.25) is 9.59 Å². The molecule has 0 aliphatic heterocycles. The smallest absolute Gasteiger partial charge is 0.326 e. The molecule has 0 aliphatic rings. The van der Waals surface area contributed by atoms with E-state index in [-0.39, 0.29) is 19.4 Å². The van der Waals surface area contributed by atoms with Gasteiger partial charge in [-0.25, -0.2) is 9.59 Å². The first kappa shape index (κ1) is 17.6. The third kappa shape index (κ3) is 7.87. The highest BCUT2D eigenvalue weighted by Gasteiger charge is 2.21. The van der Waals surface area contributed by atoms with Crippen molar-refractivity contribution in [3.8, 4) is 0 Å². The molecule has 0 aromatic heterocycles. The Kier molecular flexibility index (Phi) is 7.67. The second-order valence-corrected chi connectivity index (χ2v) is 3.96. The molecule has 10 heteroatoms. The molecule has 0 bridgehead atoms. The molecule has 0 radical (unpaired) electrons. The Morgan fingerprint density at radius 3 is 2.05 bits per heavy atom. The number of carbonyl (C=O) groups is 4. The van der Waals surface area contributed by atoms with E-state index in [2.05, 4.69) is 10.6 Å². The van der Waals surface area contributed by atoms with Crippen LogP contribution in [0.4, 0.5) is 4.79 Å². The fraction of sp³-hybridized carbons (Fsp3) is 0.600. The van der Waals surface area contributed by atoms with E-state index in [0.717, 1.165) is 0 Å². The minimum absolute atomic E-state index is 0.0182. The Morgan fingerprint density at radius 1 is 1.00 bits per heavy atom. The number of carboxylic acid groups (broad SMARTS) is 3. The maximum atomic E-state index is 11.3. The molecule has 0 fully saturated rings. The molecule has 0 saturated carbocycles. The van der Waals surface area contributed by atoms with Gasteiger partial charge in [0.05, 0.1) is 0 Å². The summed E-state index contributed by atoms with van der Waals surface area (Å²) in [5.41, 5.74) is 5.20. The predicted octanol–water partition coefficient (Wildman–Crippen LogP) is -1.59. The molecule has 0 aromatic carbocycles. The lowest BCUT2D eigenvalue weighted by Crippen LogP contribution is -2.47. The number of carbonyl (C=O) groups excluding carboxylic acids is 1. The number of aliphatic carboxylic acids is 3. The molecule has 2 amide bonds. The molecule has 10 nitrogen and oxygen atoms in total. The average Bonchev–Trinajstić information content (AvgIpc) is 2.33. The molecule has 0 spiro atoms. The van der Waals surface area contributed by atoms with E-state index in [0.29, 0.717) is 0 Å². The summed E-state index contributed by atoms with van der Waals surface area (Å²) in [4.78, 5) is 42.9. The molecule has 114 valence electrons. The van der Waals surface area contributed by atoms with E-state index >= 15 is 0 Å². The number of hydrogen-bond acceptors (Lipinski definition) is 5. The van der Waals surface area contributed by atoms with Gasteiger partial charge >= 0.3 is 23.9 Å². The summed E-state index contributed by atoms with van der Waals surface area (Å²) in [5.74, 6) is -3.74. The van der Waals surface area contributed by atoms with Gasteiger partial charge in [0.2, 0.25) is 0 Å². The highest BCUT2D eigenvalue weighted by atomic mass is 16.4. The topological polar surface area (TPSA) is 179 Å². The van der Waals surface area contributed by atoms with E-state index in [1.54, 1.807) is 0 Å². The van der Waals surface area contributed by atoms with Gasteiger partial charge in [-0.05, 0) is 12.8 Å². The number of carboxylic acids is 3. The molecule has 0 heterocycles. The predicted molar refractivity (Wildman–Crippen MR) is 65.1 cm³/mol. The van der Waals surface area contributed by atoms with Gasteiger partial charge in [0.1, 0.15) is 12.1 Å². The normalized spacial score (nSPS) is 13.1. The van der Waals surface area contributed by atoms with E-state index in [9.17, 15) is 19.2 Å². The largest absolute Gasteiger partial charge is 0.481 e. The number of rotatable bonds is 9. The molecule has 0 rings (SSSR count). The summed E-state index contributed by atoms with van der Waals surface area (Å²) in [7, 11) is 0. The first-order valence-electron chi connectivity index (χ1n) is 5.71. The molecule has 2 atom stereocenters. The van der Waals surface area contributed by atoms with Crippen LogP contribution in [-0.2, 0) is 14.4 Å².